The molecule has 26 heavy (non-hydrogen) atoms. The summed E-state index contributed by atoms with van der Waals surface area (Å²) in [6.07, 6.45) is 7.86. The second-order valence-electron chi connectivity index (χ2n) is 8.06. The minimum Gasteiger partial charge on any atom is -0.380 e. The molecule has 5 atom stereocenters. The van der Waals surface area contributed by atoms with Gasteiger partial charge in [0.1, 0.15) is 0 Å². The summed E-state index contributed by atoms with van der Waals surface area (Å²) in [5.41, 5.74) is 6.21. The highest BCUT2D eigenvalue weighted by atomic mass is 35.5. The summed E-state index contributed by atoms with van der Waals surface area (Å²) in [5, 5.41) is 0.338. The lowest BCUT2D eigenvalue weighted by atomic mass is 9.90. The summed E-state index contributed by atoms with van der Waals surface area (Å²) in [6, 6.07) is -0.00406. The molecule has 0 aromatic rings. The summed E-state index contributed by atoms with van der Waals surface area (Å²) >= 11 is 12.5. The second-order valence-corrected chi connectivity index (χ2v) is 9.23. The number of nitrogens with zero attached hydrogens (tertiary/aromatic N) is 1. The van der Waals surface area contributed by atoms with Crippen LogP contribution in [-0.4, -0.2) is 79.5 Å². The minimum absolute atomic E-state index is 0.00406. The number of alkyl halides is 2. The van der Waals surface area contributed by atoms with E-state index in [0.717, 1.165) is 64.6 Å². The van der Waals surface area contributed by atoms with E-state index in [1.54, 1.807) is 7.11 Å². The zero-order valence-corrected chi connectivity index (χ0v) is 17.3. The van der Waals surface area contributed by atoms with E-state index in [4.69, 9.17) is 43.1 Å². The van der Waals surface area contributed by atoms with Crippen LogP contribution in [0.15, 0.2) is 0 Å². The van der Waals surface area contributed by atoms with E-state index in [-0.39, 0.29) is 23.6 Å². The molecule has 3 fully saturated rings. The fraction of sp³-hybridized carbons (Fsp3) is 1.00. The number of rotatable bonds is 7. The number of ether oxygens (including phenoxy) is 3. The Bertz CT molecular complexity index is 424. The van der Waals surface area contributed by atoms with Crippen molar-refractivity contribution in [2.24, 2.45) is 5.73 Å². The number of halogens is 2. The Labute approximate surface area is 167 Å². The lowest BCUT2D eigenvalue weighted by molar-refractivity contribution is -0.0445. The van der Waals surface area contributed by atoms with Crippen molar-refractivity contribution in [2.75, 3.05) is 33.4 Å². The van der Waals surface area contributed by atoms with Gasteiger partial charge in [0.2, 0.25) is 0 Å². The molecule has 5 nitrogen and oxygen atoms in total. The average Bonchev–Trinajstić information content (AvgIpc) is 3.06. The highest BCUT2D eigenvalue weighted by molar-refractivity contribution is 6.21. The molecule has 2 saturated carbocycles. The Morgan fingerprint density at radius 3 is 2.50 bits per heavy atom. The third-order valence-electron chi connectivity index (χ3n) is 6.10. The van der Waals surface area contributed by atoms with Gasteiger partial charge in [0, 0.05) is 44.6 Å². The first-order valence-electron chi connectivity index (χ1n) is 10.1. The molecule has 0 radical (unpaired) electrons. The van der Waals surface area contributed by atoms with Gasteiger partial charge in [0.25, 0.3) is 0 Å². The molecule has 152 valence electrons. The fourth-order valence-electron chi connectivity index (χ4n) is 4.43. The van der Waals surface area contributed by atoms with Gasteiger partial charge in [-0.15, -0.1) is 23.2 Å². The van der Waals surface area contributed by atoms with Gasteiger partial charge in [-0.25, -0.2) is 0 Å². The van der Waals surface area contributed by atoms with Gasteiger partial charge in [-0.3, -0.25) is 4.90 Å². The van der Waals surface area contributed by atoms with E-state index in [2.05, 4.69) is 4.90 Å². The monoisotopic (exact) mass is 408 g/mol. The molecule has 1 heterocycles. The molecule has 1 saturated heterocycles. The van der Waals surface area contributed by atoms with Crippen LogP contribution in [0, 0.1) is 0 Å². The number of hydrogen-bond donors (Lipinski definition) is 1. The van der Waals surface area contributed by atoms with E-state index < -0.39 is 0 Å². The van der Waals surface area contributed by atoms with Crippen molar-refractivity contribution >= 4 is 23.2 Å². The van der Waals surface area contributed by atoms with Crippen molar-refractivity contribution in [3.63, 3.8) is 0 Å². The molecule has 2 N–H and O–H groups in total. The topological polar surface area (TPSA) is 57.0 Å². The van der Waals surface area contributed by atoms with Crippen molar-refractivity contribution in [2.45, 2.75) is 86.2 Å². The van der Waals surface area contributed by atoms with Gasteiger partial charge in [-0.05, 0) is 38.5 Å². The second kappa shape index (κ2) is 10.2. The van der Waals surface area contributed by atoms with Crippen LogP contribution in [0.3, 0.4) is 0 Å². The standard InChI is InChI=1S/C19H34Cl2N2O3/c1-24-18-11-19(17(22)10-16(18)21)25-9-8-23-7-6-15(12-23)26-14-4-2-13(20)3-5-14/h13-19H,2-12,22H2,1H3/t13?,14?,15?,16?,17?,18-,19?/m0/s1. The molecule has 2 aliphatic carbocycles. The number of nitrogens with two attached hydrogens (primary N) is 1. The summed E-state index contributed by atoms with van der Waals surface area (Å²) in [7, 11) is 1.71. The lowest BCUT2D eigenvalue weighted by Gasteiger charge is -2.36. The number of hydrogen-bond acceptors (Lipinski definition) is 5. The maximum Gasteiger partial charge on any atom is 0.0760 e. The van der Waals surface area contributed by atoms with Crippen LogP contribution in [0.5, 0.6) is 0 Å². The third-order valence-corrected chi connectivity index (χ3v) is 7.00. The normalized spacial score (nSPS) is 42.2. The first kappa shape index (κ1) is 21.1. The predicted octanol–water partition coefficient (Wildman–Crippen LogP) is 2.76. The molecule has 0 amide bonds. The molecular formula is C19H34Cl2N2O3. The molecule has 0 aromatic heterocycles. The van der Waals surface area contributed by atoms with Gasteiger partial charge in [0.15, 0.2) is 0 Å². The van der Waals surface area contributed by atoms with Gasteiger partial charge in [-0.1, -0.05) is 0 Å². The Morgan fingerprint density at radius 1 is 1.00 bits per heavy atom. The van der Waals surface area contributed by atoms with Crippen LogP contribution in [0.25, 0.3) is 0 Å². The molecule has 0 bridgehead atoms. The smallest absolute Gasteiger partial charge is 0.0760 e. The quantitative estimate of drug-likeness (QED) is 0.656. The zero-order valence-electron chi connectivity index (χ0n) is 15.8. The van der Waals surface area contributed by atoms with Crippen molar-refractivity contribution in [1.82, 2.24) is 4.90 Å². The molecule has 4 unspecified atom stereocenters. The van der Waals surface area contributed by atoms with Crippen LogP contribution in [0.4, 0.5) is 0 Å². The largest absolute Gasteiger partial charge is 0.380 e. The maximum absolute atomic E-state index is 6.29. The first-order chi connectivity index (χ1) is 12.5. The summed E-state index contributed by atoms with van der Waals surface area (Å²) in [6.45, 7) is 3.72. The number of likely N-dealkylation sites (tertiary alicyclic amines) is 1. The molecule has 3 aliphatic rings. The molecule has 1 aliphatic heterocycles. The number of methoxy groups -OCH3 is 1. The summed E-state index contributed by atoms with van der Waals surface area (Å²) in [4.78, 5) is 2.43. The van der Waals surface area contributed by atoms with Crippen LogP contribution in [0.1, 0.15) is 44.9 Å². The lowest BCUT2D eigenvalue weighted by Crippen LogP contribution is -2.49. The minimum atomic E-state index is -0.0137. The maximum atomic E-state index is 6.29. The van der Waals surface area contributed by atoms with Gasteiger partial charge in [-0.2, -0.15) is 0 Å². The van der Waals surface area contributed by atoms with Crippen LogP contribution in [0.2, 0.25) is 0 Å². The Balaban J connectivity index is 1.32. The summed E-state index contributed by atoms with van der Waals surface area (Å²) in [5.74, 6) is 0. The van der Waals surface area contributed by atoms with Crippen molar-refractivity contribution in [3.05, 3.63) is 0 Å². The molecule has 7 heteroatoms. The first-order valence-corrected chi connectivity index (χ1v) is 11.0. The van der Waals surface area contributed by atoms with Crippen LogP contribution in [-0.2, 0) is 14.2 Å². The van der Waals surface area contributed by atoms with Crippen molar-refractivity contribution in [3.8, 4) is 0 Å². The van der Waals surface area contributed by atoms with Gasteiger partial charge in [0.05, 0.1) is 36.4 Å². The predicted molar refractivity (Wildman–Crippen MR) is 105 cm³/mol. The summed E-state index contributed by atoms with van der Waals surface area (Å²) < 4.78 is 17.8. The zero-order chi connectivity index (χ0) is 18.5. The highest BCUT2D eigenvalue weighted by Gasteiger charge is 2.35. The van der Waals surface area contributed by atoms with E-state index >= 15 is 0 Å². The van der Waals surface area contributed by atoms with Gasteiger partial charge >= 0.3 is 0 Å². The van der Waals surface area contributed by atoms with Crippen molar-refractivity contribution < 1.29 is 14.2 Å². The van der Waals surface area contributed by atoms with Crippen LogP contribution >= 0.6 is 23.2 Å². The van der Waals surface area contributed by atoms with Crippen molar-refractivity contribution in [1.29, 1.82) is 0 Å². The van der Waals surface area contributed by atoms with E-state index in [1.807, 2.05) is 0 Å². The molecular weight excluding hydrogens is 375 g/mol. The van der Waals surface area contributed by atoms with Crippen LogP contribution < -0.4 is 5.73 Å². The Hall–Kier alpha value is 0.380. The highest BCUT2D eigenvalue weighted by Crippen LogP contribution is 2.28. The molecule has 3 rings (SSSR count). The SMILES string of the molecule is CO[C@H]1CC(OCCN2CCC(OC3CCC(Cl)CC3)C2)C(N)CC1Cl. The van der Waals surface area contributed by atoms with E-state index in [0.29, 0.717) is 24.2 Å². The van der Waals surface area contributed by atoms with E-state index in [1.165, 1.54) is 0 Å². The fourth-order valence-corrected chi connectivity index (χ4v) is 5.09. The average molecular weight is 409 g/mol. The molecule has 0 aromatic carbocycles. The Morgan fingerprint density at radius 2 is 1.77 bits per heavy atom. The third kappa shape index (κ3) is 5.94. The van der Waals surface area contributed by atoms with Gasteiger partial charge < -0.3 is 19.9 Å². The molecule has 0 spiro atoms. The Kier molecular flexibility index (Phi) is 8.31. The van der Waals surface area contributed by atoms with E-state index in [9.17, 15) is 0 Å².